The standard InChI is InChI=1S/C23H20N2O5/c26-20(24-12-10-17(11-13-24)16-6-2-1-3-7-16)15-30-21(27)14-25-19-9-5-4-8-18(19)22(28)23(25)29/h1-10H,11-15H2. The number of nitrogens with zero attached hydrogens (tertiary/aromatic N) is 2. The Kier molecular flexibility index (Phi) is 5.43. The number of para-hydroxylation sites is 1. The summed E-state index contributed by atoms with van der Waals surface area (Å²) in [5.74, 6) is -2.45. The predicted molar refractivity (Wildman–Crippen MR) is 110 cm³/mol. The average Bonchev–Trinajstić information content (AvgIpc) is 3.03. The number of carbonyl (C=O) groups is 4. The minimum atomic E-state index is -0.769. The highest BCUT2D eigenvalue weighted by atomic mass is 16.5. The van der Waals surface area contributed by atoms with Gasteiger partial charge in [0.05, 0.1) is 11.3 Å². The molecule has 2 amide bonds. The highest BCUT2D eigenvalue weighted by Gasteiger charge is 2.36. The number of rotatable bonds is 5. The molecular formula is C23H20N2O5. The summed E-state index contributed by atoms with van der Waals surface area (Å²) in [6.07, 6.45) is 2.73. The SMILES string of the molecule is O=C(CN1C(=O)C(=O)c2ccccc21)OCC(=O)N1CC=C(c2ccccc2)CC1. The van der Waals surface area contributed by atoms with Crippen molar-refractivity contribution in [3.8, 4) is 0 Å². The molecule has 0 radical (unpaired) electrons. The van der Waals surface area contributed by atoms with Gasteiger partial charge in [-0.3, -0.25) is 24.1 Å². The molecule has 0 unspecified atom stereocenters. The molecule has 2 aromatic rings. The maximum Gasteiger partial charge on any atom is 0.326 e. The number of fused-ring (bicyclic) bond motifs is 1. The molecule has 0 bridgehead atoms. The zero-order chi connectivity index (χ0) is 21.1. The smallest absolute Gasteiger partial charge is 0.326 e. The van der Waals surface area contributed by atoms with E-state index in [1.807, 2.05) is 36.4 Å². The summed E-state index contributed by atoms with van der Waals surface area (Å²) in [6.45, 7) is 0.189. The molecule has 30 heavy (non-hydrogen) atoms. The normalized spacial score (nSPS) is 15.7. The first kappa shape index (κ1) is 19.6. The quantitative estimate of drug-likeness (QED) is 0.563. The Balaban J connectivity index is 1.30. The van der Waals surface area contributed by atoms with E-state index in [1.54, 1.807) is 23.1 Å². The molecular weight excluding hydrogens is 384 g/mol. The van der Waals surface area contributed by atoms with Crippen molar-refractivity contribution in [3.05, 3.63) is 71.8 Å². The second kappa shape index (κ2) is 8.32. The number of esters is 1. The van der Waals surface area contributed by atoms with E-state index in [1.165, 1.54) is 11.6 Å². The number of benzene rings is 2. The van der Waals surface area contributed by atoms with Gasteiger partial charge >= 0.3 is 5.97 Å². The molecule has 4 rings (SSSR count). The van der Waals surface area contributed by atoms with Crippen molar-refractivity contribution in [1.29, 1.82) is 0 Å². The lowest BCUT2D eigenvalue weighted by molar-refractivity contribution is -0.150. The summed E-state index contributed by atoms with van der Waals surface area (Å²) in [4.78, 5) is 51.4. The summed E-state index contributed by atoms with van der Waals surface area (Å²) < 4.78 is 5.07. The lowest BCUT2D eigenvalue weighted by Crippen LogP contribution is -2.39. The van der Waals surface area contributed by atoms with Crippen molar-refractivity contribution in [1.82, 2.24) is 4.90 Å². The number of Topliss-reactive ketones (excluding diaryl/α,β-unsaturated/α-hetero) is 1. The van der Waals surface area contributed by atoms with E-state index in [9.17, 15) is 19.2 Å². The topological polar surface area (TPSA) is 84.0 Å². The van der Waals surface area contributed by atoms with Gasteiger partial charge in [0.25, 0.3) is 17.6 Å². The molecule has 0 saturated heterocycles. The molecule has 0 fully saturated rings. The van der Waals surface area contributed by atoms with Crippen LogP contribution in [0.2, 0.25) is 0 Å². The molecule has 0 aliphatic carbocycles. The number of amides is 2. The van der Waals surface area contributed by atoms with Gasteiger partial charge in [-0.05, 0) is 29.7 Å². The molecule has 2 aliphatic rings. The Morgan fingerprint density at radius 2 is 1.70 bits per heavy atom. The van der Waals surface area contributed by atoms with E-state index in [2.05, 4.69) is 0 Å². The number of ketones is 1. The number of hydrogen-bond donors (Lipinski definition) is 0. The molecule has 0 atom stereocenters. The Bertz CT molecular complexity index is 1040. The van der Waals surface area contributed by atoms with Gasteiger partial charge in [-0.2, -0.15) is 0 Å². The highest BCUT2D eigenvalue weighted by Crippen LogP contribution is 2.28. The summed E-state index contributed by atoms with van der Waals surface area (Å²) in [5, 5.41) is 0. The molecule has 2 heterocycles. The van der Waals surface area contributed by atoms with Crippen LogP contribution in [0, 0.1) is 0 Å². The van der Waals surface area contributed by atoms with E-state index < -0.39 is 30.8 Å². The van der Waals surface area contributed by atoms with Crippen LogP contribution < -0.4 is 4.90 Å². The monoisotopic (exact) mass is 404 g/mol. The van der Waals surface area contributed by atoms with Gasteiger partial charge < -0.3 is 9.64 Å². The van der Waals surface area contributed by atoms with Crippen LogP contribution in [0.3, 0.4) is 0 Å². The maximum atomic E-state index is 12.4. The van der Waals surface area contributed by atoms with Crippen LogP contribution in [-0.4, -0.2) is 54.7 Å². The third-order valence-electron chi connectivity index (χ3n) is 5.23. The second-order valence-corrected chi connectivity index (χ2v) is 7.08. The fraction of sp³-hybridized carbons (Fsp3) is 0.217. The van der Waals surface area contributed by atoms with E-state index in [-0.39, 0.29) is 11.5 Å². The summed E-state index contributed by atoms with van der Waals surface area (Å²) in [7, 11) is 0. The third kappa shape index (κ3) is 3.87. The molecule has 0 saturated carbocycles. The third-order valence-corrected chi connectivity index (χ3v) is 5.23. The van der Waals surface area contributed by atoms with Crippen LogP contribution in [-0.2, 0) is 19.1 Å². The van der Waals surface area contributed by atoms with Gasteiger partial charge in [-0.25, -0.2) is 0 Å². The zero-order valence-corrected chi connectivity index (χ0v) is 16.2. The lowest BCUT2D eigenvalue weighted by atomic mass is 10.00. The van der Waals surface area contributed by atoms with Crippen molar-refractivity contribution >= 4 is 34.8 Å². The Morgan fingerprint density at radius 3 is 2.43 bits per heavy atom. The zero-order valence-electron chi connectivity index (χ0n) is 16.2. The van der Waals surface area contributed by atoms with Crippen molar-refractivity contribution in [2.45, 2.75) is 6.42 Å². The maximum absolute atomic E-state index is 12.4. The number of carbonyl (C=O) groups excluding carboxylic acids is 4. The van der Waals surface area contributed by atoms with E-state index in [0.717, 1.165) is 16.9 Å². The molecule has 2 aliphatic heterocycles. The number of hydrogen-bond acceptors (Lipinski definition) is 5. The van der Waals surface area contributed by atoms with Crippen molar-refractivity contribution in [2.24, 2.45) is 0 Å². The predicted octanol–water partition coefficient (Wildman–Crippen LogP) is 2.07. The molecule has 0 aromatic heterocycles. The van der Waals surface area contributed by atoms with Gasteiger partial charge in [-0.1, -0.05) is 48.5 Å². The summed E-state index contributed by atoms with van der Waals surface area (Å²) in [5.41, 5.74) is 2.97. The van der Waals surface area contributed by atoms with Crippen molar-refractivity contribution in [2.75, 3.05) is 31.1 Å². The lowest BCUT2D eigenvalue weighted by Gasteiger charge is -2.26. The van der Waals surface area contributed by atoms with Crippen molar-refractivity contribution in [3.63, 3.8) is 0 Å². The Hall–Kier alpha value is -3.74. The first-order valence-electron chi connectivity index (χ1n) is 9.67. The minimum absolute atomic E-state index is 0.265. The highest BCUT2D eigenvalue weighted by molar-refractivity contribution is 6.52. The fourth-order valence-electron chi connectivity index (χ4n) is 3.62. The van der Waals surface area contributed by atoms with E-state index in [0.29, 0.717) is 18.8 Å². The molecule has 0 spiro atoms. The van der Waals surface area contributed by atoms with E-state index in [4.69, 9.17) is 4.74 Å². The first-order chi connectivity index (χ1) is 14.5. The molecule has 7 heteroatoms. The number of anilines is 1. The summed E-state index contributed by atoms with van der Waals surface area (Å²) >= 11 is 0. The minimum Gasteiger partial charge on any atom is -0.454 e. The second-order valence-electron chi connectivity index (χ2n) is 7.08. The molecule has 2 aromatic carbocycles. The Labute approximate surface area is 173 Å². The summed E-state index contributed by atoms with van der Waals surface area (Å²) in [6, 6.07) is 16.5. The first-order valence-corrected chi connectivity index (χ1v) is 9.67. The largest absolute Gasteiger partial charge is 0.454 e. The van der Waals surface area contributed by atoms with Gasteiger partial charge in [0.1, 0.15) is 6.54 Å². The van der Waals surface area contributed by atoms with E-state index >= 15 is 0 Å². The van der Waals surface area contributed by atoms with Crippen LogP contribution in [0.4, 0.5) is 5.69 Å². The van der Waals surface area contributed by atoms with Crippen LogP contribution in [0.1, 0.15) is 22.3 Å². The number of ether oxygens (including phenoxy) is 1. The average molecular weight is 404 g/mol. The van der Waals surface area contributed by atoms with Gasteiger partial charge in [0.15, 0.2) is 6.61 Å². The van der Waals surface area contributed by atoms with Gasteiger partial charge in [0, 0.05) is 13.1 Å². The van der Waals surface area contributed by atoms with Crippen LogP contribution >= 0.6 is 0 Å². The van der Waals surface area contributed by atoms with Gasteiger partial charge in [0.2, 0.25) is 0 Å². The Morgan fingerprint density at radius 1 is 0.967 bits per heavy atom. The van der Waals surface area contributed by atoms with Gasteiger partial charge in [-0.15, -0.1) is 0 Å². The van der Waals surface area contributed by atoms with Crippen LogP contribution in [0.5, 0.6) is 0 Å². The molecule has 152 valence electrons. The van der Waals surface area contributed by atoms with Crippen molar-refractivity contribution < 1.29 is 23.9 Å². The van der Waals surface area contributed by atoms with Crippen LogP contribution in [0.25, 0.3) is 5.57 Å². The van der Waals surface area contributed by atoms with Crippen LogP contribution in [0.15, 0.2) is 60.7 Å². The fourth-order valence-corrected chi connectivity index (χ4v) is 3.62. The molecule has 0 N–H and O–H groups in total. The molecule has 7 nitrogen and oxygen atoms in total.